The van der Waals surface area contributed by atoms with Crippen LogP contribution in [0.15, 0.2) is 47.1 Å². The predicted octanol–water partition coefficient (Wildman–Crippen LogP) is 3.36. The van der Waals surface area contributed by atoms with E-state index in [1.54, 1.807) is 6.20 Å². The molecule has 0 aliphatic heterocycles. The van der Waals surface area contributed by atoms with E-state index in [1.807, 2.05) is 37.4 Å². The summed E-state index contributed by atoms with van der Waals surface area (Å²) < 4.78 is 6.56. The van der Waals surface area contributed by atoms with Crippen molar-refractivity contribution in [2.45, 2.75) is 6.54 Å². The fraction of sp³-hybridized carbons (Fsp3) is 0.154. The molecule has 0 aliphatic carbocycles. The van der Waals surface area contributed by atoms with Crippen molar-refractivity contribution < 1.29 is 4.74 Å². The van der Waals surface area contributed by atoms with E-state index in [1.165, 1.54) is 5.56 Å². The van der Waals surface area contributed by atoms with Crippen LogP contribution in [-0.2, 0) is 6.54 Å². The van der Waals surface area contributed by atoms with Gasteiger partial charge in [-0.15, -0.1) is 0 Å². The van der Waals surface area contributed by atoms with Gasteiger partial charge in [-0.25, -0.2) is 4.98 Å². The highest BCUT2D eigenvalue weighted by Gasteiger charge is 2.03. The van der Waals surface area contributed by atoms with E-state index in [-0.39, 0.29) is 0 Å². The van der Waals surface area contributed by atoms with Crippen LogP contribution in [0.2, 0.25) is 0 Å². The molecule has 0 fully saturated rings. The molecule has 2 aromatic rings. The lowest BCUT2D eigenvalue weighted by molar-refractivity contribution is 0.459. The number of hydrogen-bond donors (Lipinski definition) is 1. The number of aromatic nitrogens is 1. The number of pyridine rings is 1. The first-order valence-electron chi connectivity index (χ1n) is 5.31. The van der Waals surface area contributed by atoms with Gasteiger partial charge in [0, 0.05) is 12.7 Å². The number of hydrogen-bond acceptors (Lipinski definition) is 3. The Morgan fingerprint density at radius 2 is 2.18 bits per heavy atom. The Bertz CT molecular complexity index is 502. The lowest BCUT2D eigenvalue weighted by Crippen LogP contribution is -2.04. The van der Waals surface area contributed by atoms with Crippen LogP contribution in [0.1, 0.15) is 5.56 Å². The maximum absolute atomic E-state index is 5.71. The van der Waals surface area contributed by atoms with Crippen molar-refractivity contribution in [1.82, 2.24) is 10.3 Å². The Morgan fingerprint density at radius 3 is 2.94 bits per heavy atom. The van der Waals surface area contributed by atoms with Gasteiger partial charge in [-0.05, 0) is 52.8 Å². The summed E-state index contributed by atoms with van der Waals surface area (Å²) in [5.74, 6) is 1.37. The van der Waals surface area contributed by atoms with E-state index in [9.17, 15) is 0 Å². The Balaban J connectivity index is 2.18. The van der Waals surface area contributed by atoms with Crippen LogP contribution >= 0.6 is 15.9 Å². The Kier molecular flexibility index (Phi) is 4.12. The lowest BCUT2D eigenvalue weighted by atomic mass is 10.2. The summed E-state index contributed by atoms with van der Waals surface area (Å²) in [7, 11) is 1.92. The molecule has 2 rings (SSSR count). The van der Waals surface area contributed by atoms with E-state index in [2.05, 4.69) is 32.3 Å². The molecule has 1 heterocycles. The smallest absolute Gasteiger partial charge is 0.233 e. The second kappa shape index (κ2) is 5.80. The van der Waals surface area contributed by atoms with Crippen LogP contribution < -0.4 is 10.1 Å². The molecule has 17 heavy (non-hydrogen) atoms. The standard InChI is InChI=1S/C13H13BrN2O/c1-15-9-10-4-2-5-11(8-10)17-13-12(14)6-3-7-16-13/h2-8,15H,9H2,1H3. The number of halogens is 1. The van der Waals surface area contributed by atoms with Crippen molar-refractivity contribution in [3.05, 3.63) is 52.6 Å². The number of nitrogens with one attached hydrogen (secondary N) is 1. The van der Waals surface area contributed by atoms with Gasteiger partial charge in [-0.2, -0.15) is 0 Å². The van der Waals surface area contributed by atoms with Crippen molar-refractivity contribution >= 4 is 15.9 Å². The van der Waals surface area contributed by atoms with Crippen molar-refractivity contribution in [3.63, 3.8) is 0 Å². The van der Waals surface area contributed by atoms with E-state index >= 15 is 0 Å². The fourth-order valence-electron chi connectivity index (χ4n) is 1.48. The largest absolute Gasteiger partial charge is 0.438 e. The number of rotatable bonds is 4. The molecular weight excluding hydrogens is 280 g/mol. The summed E-state index contributed by atoms with van der Waals surface area (Å²) in [5, 5.41) is 3.11. The van der Waals surface area contributed by atoms with E-state index in [4.69, 9.17) is 4.74 Å². The third-order valence-corrected chi connectivity index (χ3v) is 2.82. The Labute approximate surface area is 109 Å². The zero-order chi connectivity index (χ0) is 12.1. The van der Waals surface area contributed by atoms with Crippen LogP contribution in [0.4, 0.5) is 0 Å². The molecule has 3 nitrogen and oxygen atoms in total. The predicted molar refractivity (Wildman–Crippen MR) is 71.2 cm³/mol. The molecule has 0 saturated heterocycles. The molecule has 1 aromatic heterocycles. The molecule has 0 bridgehead atoms. The zero-order valence-electron chi connectivity index (χ0n) is 9.48. The summed E-state index contributed by atoms with van der Waals surface area (Å²) >= 11 is 3.40. The lowest BCUT2D eigenvalue weighted by Gasteiger charge is -2.07. The second-order valence-corrected chi connectivity index (χ2v) is 4.42. The first kappa shape index (κ1) is 12.1. The van der Waals surface area contributed by atoms with Crippen molar-refractivity contribution in [2.24, 2.45) is 0 Å². The van der Waals surface area contributed by atoms with Crippen molar-refractivity contribution in [1.29, 1.82) is 0 Å². The molecule has 1 N–H and O–H groups in total. The normalized spacial score (nSPS) is 10.2. The highest BCUT2D eigenvalue weighted by atomic mass is 79.9. The molecule has 0 saturated carbocycles. The summed E-state index contributed by atoms with van der Waals surface area (Å²) in [6.07, 6.45) is 1.71. The van der Waals surface area contributed by atoms with Crippen LogP contribution in [0, 0.1) is 0 Å². The highest BCUT2D eigenvalue weighted by Crippen LogP contribution is 2.27. The van der Waals surface area contributed by atoms with Gasteiger partial charge in [0.25, 0.3) is 0 Å². The molecule has 88 valence electrons. The maximum atomic E-state index is 5.71. The SMILES string of the molecule is CNCc1cccc(Oc2ncccc2Br)c1. The molecule has 0 spiro atoms. The van der Waals surface area contributed by atoms with Gasteiger partial charge in [0.15, 0.2) is 0 Å². The summed E-state index contributed by atoms with van der Waals surface area (Å²) in [5.41, 5.74) is 1.18. The van der Waals surface area contributed by atoms with Gasteiger partial charge in [0.1, 0.15) is 5.75 Å². The number of benzene rings is 1. The average molecular weight is 293 g/mol. The van der Waals surface area contributed by atoms with Crippen LogP contribution in [0.5, 0.6) is 11.6 Å². The van der Waals surface area contributed by atoms with Gasteiger partial charge in [-0.1, -0.05) is 12.1 Å². The van der Waals surface area contributed by atoms with Crippen molar-refractivity contribution in [3.8, 4) is 11.6 Å². The zero-order valence-corrected chi connectivity index (χ0v) is 11.1. The van der Waals surface area contributed by atoms with Gasteiger partial charge in [-0.3, -0.25) is 0 Å². The first-order chi connectivity index (χ1) is 8.29. The number of nitrogens with zero attached hydrogens (tertiary/aromatic N) is 1. The van der Waals surface area contributed by atoms with E-state index in [0.717, 1.165) is 16.8 Å². The van der Waals surface area contributed by atoms with Gasteiger partial charge >= 0.3 is 0 Å². The molecule has 4 heteroatoms. The van der Waals surface area contributed by atoms with Crippen LogP contribution in [0.25, 0.3) is 0 Å². The van der Waals surface area contributed by atoms with Crippen LogP contribution in [-0.4, -0.2) is 12.0 Å². The monoisotopic (exact) mass is 292 g/mol. The number of ether oxygens (including phenoxy) is 1. The summed E-state index contributed by atoms with van der Waals surface area (Å²) in [6.45, 7) is 0.820. The molecular formula is C13H13BrN2O. The van der Waals surface area contributed by atoms with E-state index < -0.39 is 0 Å². The molecule has 0 unspecified atom stereocenters. The van der Waals surface area contributed by atoms with Crippen molar-refractivity contribution in [2.75, 3.05) is 7.05 Å². The summed E-state index contributed by atoms with van der Waals surface area (Å²) in [6, 6.07) is 11.7. The molecule has 1 aromatic carbocycles. The second-order valence-electron chi connectivity index (χ2n) is 3.57. The molecule has 0 radical (unpaired) electrons. The van der Waals surface area contributed by atoms with Gasteiger partial charge in [0.05, 0.1) is 4.47 Å². The van der Waals surface area contributed by atoms with Crippen LogP contribution in [0.3, 0.4) is 0 Å². The summed E-state index contributed by atoms with van der Waals surface area (Å²) in [4.78, 5) is 4.16. The molecule has 0 atom stereocenters. The third kappa shape index (κ3) is 3.28. The Morgan fingerprint density at radius 1 is 1.29 bits per heavy atom. The topological polar surface area (TPSA) is 34.1 Å². The quantitative estimate of drug-likeness (QED) is 0.938. The minimum atomic E-state index is 0.578. The van der Waals surface area contributed by atoms with Gasteiger partial charge < -0.3 is 10.1 Å². The Hall–Kier alpha value is -1.39. The highest BCUT2D eigenvalue weighted by molar-refractivity contribution is 9.10. The third-order valence-electron chi connectivity index (χ3n) is 2.22. The van der Waals surface area contributed by atoms with Gasteiger partial charge in [0.2, 0.25) is 5.88 Å². The maximum Gasteiger partial charge on any atom is 0.233 e. The molecule has 0 amide bonds. The molecule has 0 aliphatic rings. The minimum Gasteiger partial charge on any atom is -0.438 e. The minimum absolute atomic E-state index is 0.578. The fourth-order valence-corrected chi connectivity index (χ4v) is 1.82. The first-order valence-corrected chi connectivity index (χ1v) is 6.11. The van der Waals surface area contributed by atoms with E-state index in [0.29, 0.717) is 5.88 Å². The average Bonchev–Trinajstić information content (AvgIpc) is 2.33.